The molecule has 3 fully saturated rings. The van der Waals surface area contributed by atoms with E-state index in [-0.39, 0.29) is 0 Å². The molecule has 3 aliphatic rings. The van der Waals surface area contributed by atoms with Gasteiger partial charge in [0.15, 0.2) is 0 Å². The Balaban J connectivity index is 1.56. The molecule has 0 aromatic carbocycles. The van der Waals surface area contributed by atoms with E-state index in [9.17, 15) is 0 Å². The van der Waals surface area contributed by atoms with Crippen LogP contribution in [0.15, 0.2) is 0 Å². The number of thioether (sulfide) groups is 1. The van der Waals surface area contributed by atoms with Crippen molar-refractivity contribution >= 4 is 11.8 Å². The predicted molar refractivity (Wildman–Crippen MR) is 62.7 cm³/mol. The van der Waals surface area contributed by atoms with Crippen LogP contribution in [-0.4, -0.2) is 23.1 Å². The highest BCUT2D eigenvalue weighted by molar-refractivity contribution is 8.00. The molecule has 2 saturated carbocycles. The lowest BCUT2D eigenvalue weighted by Gasteiger charge is -2.28. The smallest absolute Gasteiger partial charge is 0.0194 e. The molecule has 1 aliphatic heterocycles. The van der Waals surface area contributed by atoms with Gasteiger partial charge in [-0.05, 0) is 36.9 Å². The molecule has 3 rings (SSSR count). The van der Waals surface area contributed by atoms with Crippen molar-refractivity contribution < 1.29 is 0 Å². The molecule has 3 unspecified atom stereocenters. The number of nitrogens with one attached hydrogen (secondary N) is 1. The summed E-state index contributed by atoms with van der Waals surface area (Å²) < 4.78 is 0. The Morgan fingerprint density at radius 2 is 2.07 bits per heavy atom. The molecule has 80 valence electrons. The fraction of sp³-hybridized carbons (Fsp3) is 1.00. The molecule has 14 heavy (non-hydrogen) atoms. The van der Waals surface area contributed by atoms with E-state index < -0.39 is 0 Å². The zero-order chi connectivity index (χ0) is 9.54. The third kappa shape index (κ3) is 1.71. The molecular weight excluding hydrogens is 190 g/mol. The number of hydrogen-bond donors (Lipinski definition) is 1. The maximum Gasteiger partial charge on any atom is 0.0194 e. The van der Waals surface area contributed by atoms with Gasteiger partial charge < -0.3 is 5.32 Å². The molecule has 1 heterocycles. The van der Waals surface area contributed by atoms with Gasteiger partial charge in [-0.15, -0.1) is 0 Å². The quantitative estimate of drug-likeness (QED) is 0.753. The third-order valence-corrected chi connectivity index (χ3v) is 5.71. The highest BCUT2D eigenvalue weighted by Crippen LogP contribution is 2.49. The summed E-state index contributed by atoms with van der Waals surface area (Å²) in [6.07, 6.45) is 7.39. The van der Waals surface area contributed by atoms with Crippen LogP contribution in [0.25, 0.3) is 0 Å². The molecule has 1 nitrogen and oxygen atoms in total. The minimum absolute atomic E-state index is 0.823. The Morgan fingerprint density at radius 3 is 2.86 bits per heavy atom. The van der Waals surface area contributed by atoms with Gasteiger partial charge in [-0.2, -0.15) is 11.8 Å². The fourth-order valence-corrected chi connectivity index (χ4v) is 4.55. The van der Waals surface area contributed by atoms with Crippen molar-refractivity contribution in [2.24, 2.45) is 11.8 Å². The van der Waals surface area contributed by atoms with Gasteiger partial charge in [0, 0.05) is 17.3 Å². The summed E-state index contributed by atoms with van der Waals surface area (Å²) in [6, 6.07) is 1.71. The molecule has 0 aromatic heterocycles. The van der Waals surface area contributed by atoms with E-state index in [1.54, 1.807) is 0 Å². The number of fused-ring (bicyclic) bond motifs is 1. The highest BCUT2D eigenvalue weighted by atomic mass is 32.2. The van der Waals surface area contributed by atoms with Gasteiger partial charge >= 0.3 is 0 Å². The van der Waals surface area contributed by atoms with E-state index in [1.165, 1.54) is 37.9 Å². The summed E-state index contributed by atoms with van der Waals surface area (Å²) in [6.45, 7) is 2.39. The zero-order valence-electron chi connectivity index (χ0n) is 9.04. The summed E-state index contributed by atoms with van der Waals surface area (Å²) in [5.41, 5.74) is 0. The Morgan fingerprint density at radius 1 is 1.14 bits per heavy atom. The molecule has 0 bridgehead atoms. The molecule has 1 saturated heterocycles. The zero-order valence-corrected chi connectivity index (χ0v) is 9.85. The molecule has 0 aromatic rings. The second-order valence-corrected chi connectivity index (χ2v) is 6.82. The lowest BCUT2D eigenvalue weighted by Crippen LogP contribution is -2.43. The van der Waals surface area contributed by atoms with E-state index >= 15 is 0 Å². The SMILES string of the molecule is CC1SCCC1NC1CCC[C@@H]2C[C@H]12. The van der Waals surface area contributed by atoms with E-state index in [0.29, 0.717) is 0 Å². The van der Waals surface area contributed by atoms with E-state index in [1.807, 2.05) is 0 Å². The van der Waals surface area contributed by atoms with E-state index in [2.05, 4.69) is 24.0 Å². The van der Waals surface area contributed by atoms with Crippen LogP contribution in [0.5, 0.6) is 0 Å². The highest BCUT2D eigenvalue weighted by Gasteiger charge is 2.45. The van der Waals surface area contributed by atoms with Crippen LogP contribution < -0.4 is 5.32 Å². The Labute approximate surface area is 91.4 Å². The minimum Gasteiger partial charge on any atom is -0.310 e. The van der Waals surface area contributed by atoms with Gasteiger partial charge in [-0.25, -0.2) is 0 Å². The maximum absolute atomic E-state index is 3.94. The second kappa shape index (κ2) is 3.71. The van der Waals surface area contributed by atoms with Crippen LogP contribution in [0.4, 0.5) is 0 Å². The van der Waals surface area contributed by atoms with Gasteiger partial charge in [0.1, 0.15) is 0 Å². The van der Waals surface area contributed by atoms with Gasteiger partial charge in [0.2, 0.25) is 0 Å². The lowest BCUT2D eigenvalue weighted by atomic mass is 9.94. The third-order valence-electron chi connectivity index (χ3n) is 4.39. The van der Waals surface area contributed by atoms with Crippen molar-refractivity contribution in [1.29, 1.82) is 0 Å². The van der Waals surface area contributed by atoms with Crippen LogP contribution in [0.3, 0.4) is 0 Å². The van der Waals surface area contributed by atoms with Crippen LogP contribution in [-0.2, 0) is 0 Å². The lowest BCUT2D eigenvalue weighted by molar-refractivity contribution is 0.318. The molecule has 0 spiro atoms. The van der Waals surface area contributed by atoms with E-state index in [4.69, 9.17) is 0 Å². The maximum atomic E-state index is 3.94. The van der Waals surface area contributed by atoms with E-state index in [0.717, 1.165) is 29.2 Å². The Bertz CT molecular complexity index is 218. The molecular formula is C12H21NS. The van der Waals surface area contributed by atoms with Crippen LogP contribution in [0, 0.1) is 11.8 Å². The standard InChI is InChI=1S/C12H21NS/c1-8-11(5-6-14-8)13-12-4-2-3-9-7-10(9)12/h8-13H,2-7H2,1H3/t8?,9-,10+,11?,12?/m1/s1. The molecule has 1 N–H and O–H groups in total. The van der Waals surface area contributed by atoms with Crippen LogP contribution in [0.2, 0.25) is 0 Å². The molecule has 5 atom stereocenters. The van der Waals surface area contributed by atoms with Gasteiger partial charge in [-0.1, -0.05) is 19.8 Å². The van der Waals surface area contributed by atoms with Crippen molar-refractivity contribution in [3.63, 3.8) is 0 Å². The monoisotopic (exact) mass is 211 g/mol. The van der Waals surface area contributed by atoms with Gasteiger partial charge in [0.05, 0.1) is 0 Å². The summed E-state index contributed by atoms with van der Waals surface area (Å²) >= 11 is 2.15. The summed E-state index contributed by atoms with van der Waals surface area (Å²) in [4.78, 5) is 0. The summed E-state index contributed by atoms with van der Waals surface area (Å²) in [5.74, 6) is 3.56. The summed E-state index contributed by atoms with van der Waals surface area (Å²) in [7, 11) is 0. The van der Waals surface area contributed by atoms with Gasteiger partial charge in [-0.3, -0.25) is 0 Å². The second-order valence-electron chi connectivity index (χ2n) is 5.33. The van der Waals surface area contributed by atoms with Gasteiger partial charge in [0.25, 0.3) is 0 Å². The Hall–Kier alpha value is 0.310. The van der Waals surface area contributed by atoms with Crippen molar-refractivity contribution in [3.8, 4) is 0 Å². The number of hydrogen-bond acceptors (Lipinski definition) is 2. The topological polar surface area (TPSA) is 12.0 Å². The van der Waals surface area contributed by atoms with Crippen molar-refractivity contribution in [3.05, 3.63) is 0 Å². The molecule has 0 amide bonds. The average molecular weight is 211 g/mol. The molecule has 2 heteroatoms. The first-order chi connectivity index (χ1) is 6.84. The number of rotatable bonds is 2. The fourth-order valence-electron chi connectivity index (χ4n) is 3.34. The average Bonchev–Trinajstić information content (AvgIpc) is 2.87. The van der Waals surface area contributed by atoms with Crippen LogP contribution >= 0.6 is 11.8 Å². The first-order valence-corrected chi connectivity index (χ1v) is 7.27. The van der Waals surface area contributed by atoms with Crippen molar-refractivity contribution in [1.82, 2.24) is 5.32 Å². The van der Waals surface area contributed by atoms with Crippen molar-refractivity contribution in [2.45, 2.75) is 56.4 Å². The molecule has 0 radical (unpaired) electrons. The van der Waals surface area contributed by atoms with Crippen LogP contribution in [0.1, 0.15) is 39.0 Å². The largest absolute Gasteiger partial charge is 0.310 e. The first-order valence-electron chi connectivity index (χ1n) is 6.22. The molecule has 2 aliphatic carbocycles. The Kier molecular flexibility index (Phi) is 2.53. The minimum atomic E-state index is 0.823. The van der Waals surface area contributed by atoms with Crippen molar-refractivity contribution in [2.75, 3.05) is 5.75 Å². The normalized spacial score (nSPS) is 51.6. The summed E-state index contributed by atoms with van der Waals surface area (Å²) in [5, 5.41) is 4.79. The predicted octanol–water partition coefficient (Wildman–Crippen LogP) is 2.66. The first kappa shape index (κ1) is 9.53.